The fourth-order valence-corrected chi connectivity index (χ4v) is 1.21. The van der Waals surface area contributed by atoms with E-state index in [0.717, 1.165) is 12.1 Å². The van der Waals surface area contributed by atoms with Crippen LogP contribution in [-0.2, 0) is 0 Å². The van der Waals surface area contributed by atoms with Gasteiger partial charge in [-0.2, -0.15) is 0 Å². The molecule has 0 heterocycles. The Morgan fingerprint density at radius 2 is 2.07 bits per heavy atom. The second kappa shape index (κ2) is 3.54. The van der Waals surface area contributed by atoms with Gasteiger partial charge in [0.15, 0.2) is 5.75 Å². The number of carbonyl (C=O) groups is 1. The third kappa shape index (κ3) is 1.77. The predicted octanol–water partition coefficient (Wildman–Crippen LogP) is 1.29. The molecule has 0 amide bonds. The summed E-state index contributed by atoms with van der Waals surface area (Å²) >= 11 is 3.79. The minimum atomic E-state index is -1.48. The van der Waals surface area contributed by atoms with Gasteiger partial charge in [0.2, 0.25) is 0 Å². The Bertz CT molecular complexity index is 417. The molecule has 0 aliphatic rings. The molecule has 6 nitrogen and oxygen atoms in total. The maximum atomic E-state index is 10.6. The smallest absolute Gasteiger partial charge is 0.342 e. The molecule has 0 aliphatic heterocycles. The van der Waals surface area contributed by atoms with Crippen molar-refractivity contribution in [2.45, 2.75) is 4.90 Å². The molecule has 14 heavy (non-hydrogen) atoms. The van der Waals surface area contributed by atoms with Gasteiger partial charge in [-0.1, -0.05) is 0 Å². The number of phenolic OH excluding ortho intramolecular Hbond substituents is 1. The van der Waals surface area contributed by atoms with E-state index in [1.54, 1.807) is 0 Å². The first-order valence-corrected chi connectivity index (χ1v) is 3.82. The number of hydrogen-bond acceptors (Lipinski definition) is 5. The highest BCUT2D eigenvalue weighted by Gasteiger charge is 2.24. The Hall–Kier alpha value is -1.76. The Morgan fingerprint density at radius 1 is 1.50 bits per heavy atom. The van der Waals surface area contributed by atoms with E-state index in [-0.39, 0.29) is 4.90 Å². The van der Waals surface area contributed by atoms with E-state index in [9.17, 15) is 14.9 Å². The number of carboxylic acids is 1. The average Bonchev–Trinajstić information content (AvgIpc) is 2.01. The van der Waals surface area contributed by atoms with Crippen molar-refractivity contribution in [3.05, 3.63) is 27.8 Å². The molecule has 0 unspecified atom stereocenters. The number of aromatic carboxylic acids is 1. The first kappa shape index (κ1) is 10.3. The molecular formula is C7H5NO5S. The van der Waals surface area contributed by atoms with E-state index in [1.807, 2.05) is 0 Å². The molecule has 0 aromatic heterocycles. The van der Waals surface area contributed by atoms with Gasteiger partial charge in [0.25, 0.3) is 0 Å². The highest BCUT2D eigenvalue weighted by Crippen LogP contribution is 2.32. The van der Waals surface area contributed by atoms with Crippen LogP contribution in [0.25, 0.3) is 0 Å². The van der Waals surface area contributed by atoms with Crippen molar-refractivity contribution in [1.29, 1.82) is 0 Å². The summed E-state index contributed by atoms with van der Waals surface area (Å²) < 4.78 is 0. The van der Waals surface area contributed by atoms with Crippen LogP contribution in [0, 0.1) is 10.1 Å². The molecule has 0 fully saturated rings. The van der Waals surface area contributed by atoms with Crippen molar-refractivity contribution in [2.75, 3.05) is 0 Å². The lowest BCUT2D eigenvalue weighted by atomic mass is 10.1. The maximum Gasteiger partial charge on any atom is 0.342 e. The van der Waals surface area contributed by atoms with Gasteiger partial charge in [0.1, 0.15) is 5.56 Å². The van der Waals surface area contributed by atoms with Crippen LogP contribution < -0.4 is 0 Å². The molecule has 0 saturated carbocycles. The Kier molecular flexibility index (Phi) is 2.61. The Labute approximate surface area is 83.4 Å². The largest absolute Gasteiger partial charge is 0.502 e. The number of phenols is 1. The van der Waals surface area contributed by atoms with E-state index in [0.29, 0.717) is 0 Å². The fourth-order valence-electron chi connectivity index (χ4n) is 0.959. The molecule has 0 atom stereocenters. The topological polar surface area (TPSA) is 101 Å². The van der Waals surface area contributed by atoms with Crippen LogP contribution in [0.15, 0.2) is 17.0 Å². The first-order chi connectivity index (χ1) is 6.43. The van der Waals surface area contributed by atoms with E-state index >= 15 is 0 Å². The Balaban J connectivity index is 3.52. The van der Waals surface area contributed by atoms with Gasteiger partial charge in [-0.05, 0) is 6.07 Å². The van der Waals surface area contributed by atoms with Crippen LogP contribution >= 0.6 is 12.6 Å². The summed E-state index contributed by atoms with van der Waals surface area (Å²) in [4.78, 5) is 20.2. The summed E-state index contributed by atoms with van der Waals surface area (Å²) in [5.41, 5.74) is -1.41. The quantitative estimate of drug-likeness (QED) is 0.392. The standard InChI is InChI=1S/C7H5NO5S/c9-5-2-3(14)1-4(7(10)11)6(5)8(12)13/h1-2,9,14H,(H,10,11). The lowest BCUT2D eigenvalue weighted by Crippen LogP contribution is -2.02. The normalized spacial score (nSPS) is 9.79. The molecule has 0 aliphatic carbocycles. The summed E-state index contributed by atoms with van der Waals surface area (Å²) in [6.07, 6.45) is 0. The van der Waals surface area contributed by atoms with Gasteiger partial charge in [0, 0.05) is 11.0 Å². The second-order valence-corrected chi connectivity index (χ2v) is 2.94. The number of nitro benzene ring substituents is 1. The molecular weight excluding hydrogens is 210 g/mol. The van der Waals surface area contributed by atoms with Gasteiger partial charge >= 0.3 is 11.7 Å². The van der Waals surface area contributed by atoms with Crippen molar-refractivity contribution in [3.8, 4) is 5.75 Å². The zero-order valence-corrected chi connectivity index (χ0v) is 7.56. The number of benzene rings is 1. The van der Waals surface area contributed by atoms with Gasteiger partial charge in [-0.15, -0.1) is 12.6 Å². The van der Waals surface area contributed by atoms with E-state index < -0.39 is 27.9 Å². The van der Waals surface area contributed by atoms with Gasteiger partial charge < -0.3 is 10.2 Å². The Morgan fingerprint density at radius 3 is 2.50 bits per heavy atom. The third-order valence-corrected chi connectivity index (χ3v) is 1.75. The molecule has 0 radical (unpaired) electrons. The zero-order valence-electron chi connectivity index (χ0n) is 6.67. The summed E-state index contributed by atoms with van der Waals surface area (Å²) in [5.74, 6) is -2.19. The average molecular weight is 215 g/mol. The SMILES string of the molecule is O=C(O)c1cc(S)cc(O)c1[N+](=O)[O-]. The second-order valence-electron chi connectivity index (χ2n) is 2.42. The minimum absolute atomic E-state index is 0.144. The molecule has 74 valence electrons. The van der Waals surface area contributed by atoms with Crippen LogP contribution in [0.4, 0.5) is 5.69 Å². The molecule has 2 N–H and O–H groups in total. The summed E-state index contributed by atoms with van der Waals surface area (Å²) in [5, 5.41) is 28.2. The highest BCUT2D eigenvalue weighted by atomic mass is 32.1. The molecule has 0 saturated heterocycles. The number of nitrogens with zero attached hydrogens (tertiary/aromatic N) is 1. The van der Waals surface area contributed by atoms with Crippen molar-refractivity contribution < 1.29 is 19.9 Å². The fraction of sp³-hybridized carbons (Fsp3) is 0. The predicted molar refractivity (Wildman–Crippen MR) is 49.0 cm³/mol. The van der Waals surface area contributed by atoms with E-state index in [2.05, 4.69) is 12.6 Å². The number of hydrogen-bond donors (Lipinski definition) is 3. The first-order valence-electron chi connectivity index (χ1n) is 3.37. The zero-order chi connectivity index (χ0) is 10.9. The van der Waals surface area contributed by atoms with Crippen LogP contribution in [0.2, 0.25) is 0 Å². The van der Waals surface area contributed by atoms with E-state index in [1.165, 1.54) is 0 Å². The minimum Gasteiger partial charge on any atom is -0.502 e. The molecule has 1 aromatic carbocycles. The van der Waals surface area contributed by atoms with Crippen LogP contribution in [0.5, 0.6) is 5.75 Å². The number of rotatable bonds is 2. The van der Waals surface area contributed by atoms with Crippen LogP contribution in [-0.4, -0.2) is 21.1 Å². The van der Waals surface area contributed by atoms with Crippen molar-refractivity contribution in [3.63, 3.8) is 0 Å². The third-order valence-electron chi connectivity index (χ3n) is 1.49. The summed E-state index contributed by atoms with van der Waals surface area (Å²) in [6, 6.07) is 2.01. The lowest BCUT2D eigenvalue weighted by molar-refractivity contribution is -0.386. The van der Waals surface area contributed by atoms with Crippen molar-refractivity contribution in [1.82, 2.24) is 0 Å². The van der Waals surface area contributed by atoms with Gasteiger partial charge in [0.05, 0.1) is 4.92 Å². The molecule has 1 rings (SSSR count). The molecule has 7 heteroatoms. The molecule has 1 aromatic rings. The monoisotopic (exact) mass is 215 g/mol. The maximum absolute atomic E-state index is 10.6. The molecule has 0 spiro atoms. The lowest BCUT2D eigenvalue weighted by Gasteiger charge is -2.01. The van der Waals surface area contributed by atoms with Gasteiger partial charge in [-0.25, -0.2) is 4.79 Å². The molecule has 0 bridgehead atoms. The number of thiol groups is 1. The summed E-state index contributed by atoms with van der Waals surface area (Å²) in [6.45, 7) is 0. The van der Waals surface area contributed by atoms with Crippen molar-refractivity contribution in [2.24, 2.45) is 0 Å². The number of nitro groups is 1. The van der Waals surface area contributed by atoms with Crippen LogP contribution in [0.1, 0.15) is 10.4 Å². The number of carboxylic acid groups (broad SMARTS) is 1. The van der Waals surface area contributed by atoms with E-state index in [4.69, 9.17) is 10.2 Å². The summed E-state index contributed by atoms with van der Waals surface area (Å²) in [7, 11) is 0. The number of aromatic hydroxyl groups is 1. The van der Waals surface area contributed by atoms with Gasteiger partial charge in [-0.3, -0.25) is 10.1 Å². The van der Waals surface area contributed by atoms with Crippen LogP contribution in [0.3, 0.4) is 0 Å². The highest BCUT2D eigenvalue weighted by molar-refractivity contribution is 7.80. The van der Waals surface area contributed by atoms with Crippen molar-refractivity contribution >= 4 is 24.3 Å².